The molecule has 0 aliphatic heterocycles. The number of alkyl halides is 2. The van der Waals surface area contributed by atoms with Crippen molar-refractivity contribution >= 4 is 31.9 Å². The van der Waals surface area contributed by atoms with Crippen LogP contribution in [0, 0.1) is 0 Å². The second-order valence-electron chi connectivity index (χ2n) is 2.48. The van der Waals surface area contributed by atoms with Crippen LogP contribution in [0.2, 0.25) is 0 Å². The summed E-state index contributed by atoms with van der Waals surface area (Å²) >= 11 is 6.82. The minimum Gasteiger partial charge on any atom is -0.392 e. The first-order valence-corrected chi connectivity index (χ1v) is 5.39. The minimum atomic E-state index is -0.223. The summed E-state index contributed by atoms with van der Waals surface area (Å²) in [6.45, 7) is 4.10. The van der Waals surface area contributed by atoms with Gasteiger partial charge in [-0.2, -0.15) is 0 Å². The van der Waals surface area contributed by atoms with Gasteiger partial charge in [0.25, 0.3) is 0 Å². The Morgan fingerprint density at radius 3 is 2.20 bits per heavy atom. The van der Waals surface area contributed by atoms with Crippen molar-refractivity contribution in [3.63, 3.8) is 0 Å². The van der Waals surface area contributed by atoms with Gasteiger partial charge < -0.3 is 5.11 Å². The Hall–Kier alpha value is 0.920. The molecule has 0 rings (SSSR count). The highest BCUT2D eigenvalue weighted by Crippen LogP contribution is 2.19. The van der Waals surface area contributed by atoms with Gasteiger partial charge in [-0.15, -0.1) is 0 Å². The first-order chi connectivity index (χ1) is 4.59. The summed E-state index contributed by atoms with van der Waals surface area (Å²) in [5.41, 5.74) is 0. The Balaban J connectivity index is 3.58. The van der Waals surface area contributed by atoms with Crippen LogP contribution >= 0.6 is 31.9 Å². The Morgan fingerprint density at radius 1 is 1.40 bits per heavy atom. The average Bonchev–Trinajstić information content (AvgIpc) is 1.87. The molecule has 1 nitrogen and oxygen atoms in total. The molecule has 0 bridgehead atoms. The maximum Gasteiger partial charge on any atom is 0.0675 e. The fraction of sp³-hybridized carbons (Fsp3) is 1.00. The monoisotopic (exact) mass is 272 g/mol. The lowest BCUT2D eigenvalue weighted by Gasteiger charge is -2.18. The molecular weight excluding hydrogens is 260 g/mol. The number of hydrogen-bond acceptors (Lipinski definition) is 1. The van der Waals surface area contributed by atoms with Gasteiger partial charge >= 0.3 is 0 Å². The second-order valence-corrected chi connectivity index (χ2v) is 4.98. The maximum absolute atomic E-state index is 9.41. The zero-order valence-corrected chi connectivity index (χ0v) is 9.52. The van der Waals surface area contributed by atoms with Crippen LogP contribution in [0.5, 0.6) is 0 Å². The van der Waals surface area contributed by atoms with Crippen LogP contribution in [0.25, 0.3) is 0 Å². The molecule has 3 unspecified atom stereocenters. The van der Waals surface area contributed by atoms with E-state index in [1.54, 1.807) is 0 Å². The standard InChI is InChI=1S/C7H14Br2O/c1-3-4-6(10)7(9)5(2)8/h5-7,10H,3-4H2,1-2H3. The Morgan fingerprint density at radius 2 is 1.90 bits per heavy atom. The molecule has 0 aliphatic rings. The summed E-state index contributed by atoms with van der Waals surface area (Å²) < 4.78 is 0. The molecule has 0 saturated heterocycles. The van der Waals surface area contributed by atoms with Gasteiger partial charge in [0.15, 0.2) is 0 Å². The van der Waals surface area contributed by atoms with Crippen molar-refractivity contribution < 1.29 is 5.11 Å². The van der Waals surface area contributed by atoms with E-state index < -0.39 is 0 Å². The number of aliphatic hydroxyl groups is 1. The quantitative estimate of drug-likeness (QED) is 0.781. The summed E-state index contributed by atoms with van der Waals surface area (Å²) in [5, 5.41) is 9.41. The summed E-state index contributed by atoms with van der Waals surface area (Å²) in [6.07, 6.45) is 1.67. The van der Waals surface area contributed by atoms with Gasteiger partial charge in [0.2, 0.25) is 0 Å². The molecule has 3 heteroatoms. The molecule has 0 heterocycles. The molecule has 1 N–H and O–H groups in total. The molecule has 0 amide bonds. The molecule has 0 aliphatic carbocycles. The smallest absolute Gasteiger partial charge is 0.0675 e. The molecule has 0 saturated carbocycles. The highest BCUT2D eigenvalue weighted by molar-refractivity contribution is 9.12. The zero-order chi connectivity index (χ0) is 8.15. The molecule has 0 radical (unpaired) electrons. The van der Waals surface area contributed by atoms with Crippen LogP contribution in [0.3, 0.4) is 0 Å². The summed E-state index contributed by atoms with van der Waals surface area (Å²) in [4.78, 5) is 0.501. The van der Waals surface area contributed by atoms with Crippen molar-refractivity contribution in [1.29, 1.82) is 0 Å². The fourth-order valence-electron chi connectivity index (χ4n) is 0.761. The normalized spacial score (nSPS) is 20.1. The van der Waals surface area contributed by atoms with E-state index >= 15 is 0 Å². The minimum absolute atomic E-state index is 0.174. The van der Waals surface area contributed by atoms with Gasteiger partial charge in [-0.05, 0) is 6.42 Å². The highest BCUT2D eigenvalue weighted by Gasteiger charge is 2.18. The van der Waals surface area contributed by atoms with Crippen LogP contribution in [0.4, 0.5) is 0 Å². The fourth-order valence-corrected chi connectivity index (χ4v) is 1.38. The maximum atomic E-state index is 9.41. The van der Waals surface area contributed by atoms with E-state index in [0.29, 0.717) is 4.83 Å². The van der Waals surface area contributed by atoms with Gasteiger partial charge in [-0.3, -0.25) is 0 Å². The average molecular weight is 274 g/mol. The third kappa shape index (κ3) is 3.94. The third-order valence-corrected chi connectivity index (χ3v) is 4.07. The Labute approximate surface area is 79.5 Å². The van der Waals surface area contributed by atoms with E-state index in [2.05, 4.69) is 38.8 Å². The van der Waals surface area contributed by atoms with Crippen LogP contribution in [0.15, 0.2) is 0 Å². The van der Waals surface area contributed by atoms with Crippen molar-refractivity contribution in [3.05, 3.63) is 0 Å². The number of rotatable bonds is 4. The van der Waals surface area contributed by atoms with Gasteiger partial charge in [0, 0.05) is 4.83 Å². The highest BCUT2D eigenvalue weighted by atomic mass is 79.9. The SMILES string of the molecule is CCCC(O)C(Br)C(C)Br. The van der Waals surface area contributed by atoms with Gasteiger partial charge in [-0.25, -0.2) is 0 Å². The van der Waals surface area contributed by atoms with E-state index in [4.69, 9.17) is 0 Å². The van der Waals surface area contributed by atoms with E-state index in [-0.39, 0.29) is 10.9 Å². The number of hydrogen-bond donors (Lipinski definition) is 1. The Kier molecular flexibility index (Phi) is 6.07. The van der Waals surface area contributed by atoms with E-state index in [1.807, 2.05) is 6.92 Å². The van der Waals surface area contributed by atoms with Crippen molar-refractivity contribution in [2.75, 3.05) is 0 Å². The van der Waals surface area contributed by atoms with Crippen molar-refractivity contribution in [2.24, 2.45) is 0 Å². The molecule has 0 aromatic rings. The molecule has 62 valence electrons. The van der Waals surface area contributed by atoms with Crippen LogP contribution in [-0.4, -0.2) is 20.9 Å². The first-order valence-electron chi connectivity index (χ1n) is 3.55. The van der Waals surface area contributed by atoms with Crippen molar-refractivity contribution in [3.8, 4) is 0 Å². The number of aliphatic hydroxyl groups excluding tert-OH is 1. The largest absolute Gasteiger partial charge is 0.392 e. The molecular formula is C7H14Br2O. The van der Waals surface area contributed by atoms with Gasteiger partial charge in [0.05, 0.1) is 10.9 Å². The van der Waals surface area contributed by atoms with Gasteiger partial charge in [0.1, 0.15) is 0 Å². The third-order valence-electron chi connectivity index (χ3n) is 1.39. The van der Waals surface area contributed by atoms with E-state index in [0.717, 1.165) is 12.8 Å². The summed E-state index contributed by atoms with van der Waals surface area (Å²) in [6, 6.07) is 0. The molecule has 0 aromatic heterocycles. The lowest BCUT2D eigenvalue weighted by molar-refractivity contribution is 0.162. The van der Waals surface area contributed by atoms with E-state index in [1.165, 1.54) is 0 Å². The molecule has 0 fully saturated rings. The predicted octanol–water partition coefficient (Wildman–Crippen LogP) is 2.69. The zero-order valence-electron chi connectivity index (χ0n) is 6.35. The molecule has 0 spiro atoms. The lowest BCUT2D eigenvalue weighted by Crippen LogP contribution is -2.26. The van der Waals surface area contributed by atoms with Crippen LogP contribution in [-0.2, 0) is 0 Å². The topological polar surface area (TPSA) is 20.2 Å². The molecule has 0 aromatic carbocycles. The lowest BCUT2D eigenvalue weighted by atomic mass is 10.1. The van der Waals surface area contributed by atoms with Crippen molar-refractivity contribution in [1.82, 2.24) is 0 Å². The number of halogens is 2. The second kappa shape index (κ2) is 5.56. The Bertz CT molecular complexity index is 85.7. The summed E-state index contributed by atoms with van der Waals surface area (Å²) in [7, 11) is 0. The first kappa shape index (κ1) is 10.9. The molecule has 10 heavy (non-hydrogen) atoms. The summed E-state index contributed by atoms with van der Waals surface area (Å²) in [5.74, 6) is 0. The van der Waals surface area contributed by atoms with Crippen LogP contribution < -0.4 is 0 Å². The van der Waals surface area contributed by atoms with Gasteiger partial charge in [-0.1, -0.05) is 52.1 Å². The van der Waals surface area contributed by atoms with Crippen molar-refractivity contribution in [2.45, 2.75) is 42.4 Å². The van der Waals surface area contributed by atoms with E-state index in [9.17, 15) is 5.11 Å². The molecule has 3 atom stereocenters. The van der Waals surface area contributed by atoms with Crippen LogP contribution in [0.1, 0.15) is 26.7 Å². The predicted molar refractivity (Wildman–Crippen MR) is 52.0 cm³/mol.